The fraction of sp³-hybridized carbons (Fsp3) is 0.359. The number of hydrogen-bond acceptors (Lipinski definition) is 0. The van der Waals surface area contributed by atoms with Crippen LogP contribution < -0.4 is 30.0 Å². The van der Waals surface area contributed by atoms with E-state index in [0.29, 0.717) is 0 Å². The number of halogens is 2. The van der Waals surface area contributed by atoms with Gasteiger partial charge in [0.2, 0.25) is 0 Å². The van der Waals surface area contributed by atoms with E-state index in [9.17, 15) is 0 Å². The summed E-state index contributed by atoms with van der Waals surface area (Å²) in [6.45, 7) is 20.7. The van der Waals surface area contributed by atoms with Crippen LogP contribution in [-0.4, -0.2) is 11.8 Å². The van der Waals surface area contributed by atoms with Gasteiger partial charge in [0.1, 0.15) is 0 Å². The minimum atomic E-state index is -1.14. The van der Waals surface area contributed by atoms with E-state index < -0.39 is 8.07 Å². The van der Waals surface area contributed by atoms with E-state index in [1.807, 2.05) is 30.3 Å². The van der Waals surface area contributed by atoms with Crippen LogP contribution in [0, 0.1) is 0 Å². The Morgan fingerprint density at radius 3 is 1.37 bits per heavy atom. The molecule has 0 spiro atoms. The quantitative estimate of drug-likeness (QED) is 0.182. The van der Waals surface area contributed by atoms with Crippen molar-refractivity contribution in [1.29, 1.82) is 0 Å². The molecule has 0 fully saturated rings. The second-order valence-electron chi connectivity index (χ2n) is 13.3. The largest absolute Gasteiger partial charge is 1.00 e. The van der Waals surface area contributed by atoms with Gasteiger partial charge in [-0.15, -0.1) is 39.7 Å². The van der Waals surface area contributed by atoms with Crippen LogP contribution >= 0.6 is 0 Å². The summed E-state index contributed by atoms with van der Waals surface area (Å²) in [5.41, 5.74) is 4.59. The number of hydrogen-bond donors (Lipinski definition) is 0. The van der Waals surface area contributed by atoms with Gasteiger partial charge in [-0.25, -0.2) is 12.1 Å². The van der Waals surface area contributed by atoms with Crippen molar-refractivity contribution in [3.8, 4) is 0 Å². The third kappa shape index (κ3) is 10.2. The summed E-state index contributed by atoms with van der Waals surface area (Å²) in [7, 11) is -1.14. The smallest absolute Gasteiger partial charge is 0.172 e. The summed E-state index contributed by atoms with van der Waals surface area (Å²) in [5.74, 6) is 0. The van der Waals surface area contributed by atoms with Gasteiger partial charge in [0, 0.05) is 0 Å². The predicted molar refractivity (Wildman–Crippen MR) is 185 cm³/mol. The van der Waals surface area contributed by atoms with Crippen molar-refractivity contribution in [3.63, 3.8) is 0 Å². The van der Waals surface area contributed by atoms with Crippen LogP contribution in [0.4, 0.5) is 0 Å². The monoisotopic (exact) mass is 706 g/mol. The summed E-state index contributed by atoms with van der Waals surface area (Å²) < 4.78 is 2.25. The number of fused-ring (bicyclic) bond motifs is 3. The molecular weight excluding hydrogens is 659 g/mol. The number of benzene rings is 3. The second-order valence-corrected chi connectivity index (χ2v) is 19.3. The van der Waals surface area contributed by atoms with E-state index in [-0.39, 0.29) is 35.6 Å². The third-order valence-electron chi connectivity index (χ3n) is 8.71. The molecule has 0 nitrogen and oxygen atoms in total. The predicted octanol–water partition coefficient (Wildman–Crippen LogP) is 4.82. The van der Waals surface area contributed by atoms with E-state index in [4.69, 9.17) is 0 Å². The topological polar surface area (TPSA) is 0 Å². The zero-order valence-electron chi connectivity index (χ0n) is 27.7. The molecule has 0 aliphatic rings. The minimum Gasteiger partial charge on any atom is -1.00 e. The van der Waals surface area contributed by atoms with Crippen molar-refractivity contribution in [1.82, 2.24) is 0 Å². The molecule has 0 N–H and O–H groups in total. The van der Waals surface area contributed by atoms with Crippen molar-refractivity contribution in [2.45, 2.75) is 91.3 Å². The Labute approximate surface area is 290 Å². The summed E-state index contributed by atoms with van der Waals surface area (Å²) in [6, 6.07) is 39.6. The molecule has 43 heavy (non-hydrogen) atoms. The molecule has 230 valence electrons. The summed E-state index contributed by atoms with van der Waals surface area (Å²) >= 11 is 1.49. The molecule has 5 rings (SSSR count). The first-order chi connectivity index (χ1) is 19.4. The molecule has 0 heterocycles. The first-order valence-corrected chi connectivity index (χ1v) is 19.3. The van der Waals surface area contributed by atoms with E-state index >= 15 is 0 Å². The van der Waals surface area contributed by atoms with Gasteiger partial charge in [-0.05, 0) is 10.8 Å². The molecule has 5 aromatic rings. The van der Waals surface area contributed by atoms with Gasteiger partial charge >= 0.3 is 110 Å². The first-order valence-electron chi connectivity index (χ1n) is 15.3. The van der Waals surface area contributed by atoms with Crippen LogP contribution in [0.25, 0.3) is 21.5 Å². The van der Waals surface area contributed by atoms with Crippen molar-refractivity contribution >= 4 is 38.5 Å². The Morgan fingerprint density at radius 2 is 1.07 bits per heavy atom. The van der Waals surface area contributed by atoms with Gasteiger partial charge in [-0.1, -0.05) is 76.9 Å². The van der Waals surface area contributed by atoms with E-state index in [1.54, 1.807) is 5.19 Å². The van der Waals surface area contributed by atoms with Crippen LogP contribution in [0.1, 0.15) is 79.0 Å². The molecule has 0 radical (unpaired) electrons. The van der Waals surface area contributed by atoms with Crippen molar-refractivity contribution in [2.24, 2.45) is 0 Å². The van der Waals surface area contributed by atoms with Crippen LogP contribution in [0.5, 0.6) is 0 Å². The normalized spacial score (nSPS) is 11.4. The van der Waals surface area contributed by atoms with Gasteiger partial charge in [0.25, 0.3) is 0 Å². The summed E-state index contributed by atoms with van der Waals surface area (Å²) in [5, 5.41) is 7.13. The van der Waals surface area contributed by atoms with Crippen molar-refractivity contribution in [3.05, 3.63) is 114 Å². The Hall–Kier alpha value is -1.57. The summed E-state index contributed by atoms with van der Waals surface area (Å²) in [6.07, 6.45) is 0. The van der Waals surface area contributed by atoms with Gasteiger partial charge in [-0.3, -0.25) is 0 Å². The van der Waals surface area contributed by atoms with Gasteiger partial charge < -0.3 is 24.8 Å². The van der Waals surface area contributed by atoms with E-state index in [2.05, 4.69) is 133 Å². The number of rotatable bonds is 5. The molecule has 0 atom stereocenters. The maximum absolute atomic E-state index is 2.37. The molecule has 0 aliphatic carbocycles. The zero-order valence-corrected chi connectivity index (χ0v) is 32.7. The Balaban J connectivity index is 0.000000368. The van der Waals surface area contributed by atoms with Gasteiger partial charge in [0.05, 0.1) is 0 Å². The van der Waals surface area contributed by atoms with Gasteiger partial charge in [-0.2, -0.15) is 18.2 Å². The molecule has 0 saturated heterocycles. The SMILES string of the molecule is CC(C)(C)c1ccc2c(c1)[cH-]c1cc(C(C)(C)C)ccc12.CC[Si](CC)(CC)c1ccc([CH]=[Zr+2])cc1.[Cl-].[Cl-].c1cc[cH-]c1. The van der Waals surface area contributed by atoms with Gasteiger partial charge in [0.15, 0.2) is 0 Å². The molecule has 0 bridgehead atoms. The minimum absolute atomic E-state index is 0. The fourth-order valence-corrected chi connectivity index (χ4v) is 9.64. The first kappa shape index (κ1) is 39.5. The molecule has 0 aromatic heterocycles. The van der Waals surface area contributed by atoms with Crippen LogP contribution in [0.2, 0.25) is 18.1 Å². The maximum atomic E-state index is 2.37. The van der Waals surface area contributed by atoms with Crippen LogP contribution in [-0.2, 0) is 35.1 Å². The molecule has 0 amide bonds. The summed E-state index contributed by atoms with van der Waals surface area (Å²) in [4.78, 5) is 0. The van der Waals surface area contributed by atoms with Crippen molar-refractivity contribution in [2.75, 3.05) is 0 Å². The Bertz CT molecular complexity index is 1420. The molecular formula is C39H50Cl2SiZr-2. The standard InChI is InChI=1S/C21H25.C13H20Si.C5H5.2ClH.Zr/c1-20(2,3)16-7-9-18-14(12-16)11-15-13-17(21(4,5)6)8-10-19(15)18;1-5-14(6-2,7-3)13-10-8-12(4)9-11-13;1-2-4-5-3-1;;;/h7-13H,1-6H3;4,8-11H,5-7H2,1-3H3;1-5H;2*1H;/q-1;;-1;;;+2/p-2. The molecule has 4 heteroatoms. The van der Waals surface area contributed by atoms with Crippen LogP contribution in [0.3, 0.4) is 0 Å². The molecule has 0 saturated carbocycles. The third-order valence-corrected chi connectivity index (χ3v) is 15.2. The maximum Gasteiger partial charge on any atom is -0.172 e. The molecule has 0 unspecified atom stereocenters. The zero-order chi connectivity index (χ0) is 30.3. The fourth-order valence-electron chi connectivity index (χ4n) is 5.57. The average molecular weight is 709 g/mol. The second kappa shape index (κ2) is 17.2. The van der Waals surface area contributed by atoms with E-state index in [0.717, 1.165) is 0 Å². The molecule has 5 aromatic carbocycles. The average Bonchev–Trinajstić information content (AvgIpc) is 3.65. The Kier molecular flexibility index (Phi) is 15.8. The Morgan fingerprint density at radius 1 is 0.651 bits per heavy atom. The molecule has 0 aliphatic heterocycles. The van der Waals surface area contributed by atoms with Crippen molar-refractivity contribution < 1.29 is 49.0 Å². The van der Waals surface area contributed by atoms with Crippen LogP contribution in [0.15, 0.2) is 97.1 Å². The van der Waals surface area contributed by atoms with E-state index in [1.165, 1.54) is 80.6 Å².